The molecule has 1 rings (SSSR count). The molecular weight excluding hydrogens is 166 g/mol. The van der Waals surface area contributed by atoms with Gasteiger partial charge in [-0.1, -0.05) is 13.8 Å². The molecule has 0 aliphatic carbocycles. The van der Waals surface area contributed by atoms with Gasteiger partial charge in [-0.05, 0) is 0 Å². The highest BCUT2D eigenvalue weighted by Gasteiger charge is 2.15. The monoisotopic (exact) mass is 183 g/mol. The van der Waals surface area contributed by atoms with Gasteiger partial charge >= 0.3 is 0 Å². The van der Waals surface area contributed by atoms with Gasteiger partial charge in [-0.15, -0.1) is 0 Å². The van der Waals surface area contributed by atoms with Crippen LogP contribution in [0.1, 0.15) is 19.5 Å². The fraction of sp³-hybridized carbons (Fsp3) is 0.667. The van der Waals surface area contributed by atoms with Crippen molar-refractivity contribution in [1.29, 1.82) is 0 Å². The van der Waals surface area contributed by atoms with Crippen LogP contribution in [0.4, 0.5) is 0 Å². The molecule has 1 aromatic heterocycles. The van der Waals surface area contributed by atoms with E-state index in [-0.39, 0.29) is 12.0 Å². The number of hydrogen-bond donors (Lipinski definition) is 3. The van der Waals surface area contributed by atoms with Crippen molar-refractivity contribution in [1.82, 2.24) is 15.3 Å². The fourth-order valence-corrected chi connectivity index (χ4v) is 0.973. The normalized spacial score (nSPS) is 11.9. The van der Waals surface area contributed by atoms with Gasteiger partial charge in [0.1, 0.15) is 0 Å². The SMILES string of the molecule is CC(C)(CO)CNCc1cnc[nH]1. The van der Waals surface area contributed by atoms with Gasteiger partial charge in [-0.2, -0.15) is 0 Å². The van der Waals surface area contributed by atoms with Crippen LogP contribution in [0.25, 0.3) is 0 Å². The predicted molar refractivity (Wildman–Crippen MR) is 51.2 cm³/mol. The van der Waals surface area contributed by atoms with E-state index in [0.717, 1.165) is 18.8 Å². The van der Waals surface area contributed by atoms with Crippen molar-refractivity contribution in [3.63, 3.8) is 0 Å². The largest absolute Gasteiger partial charge is 0.396 e. The number of aliphatic hydroxyl groups excluding tert-OH is 1. The molecule has 1 aromatic rings. The Kier molecular flexibility index (Phi) is 3.45. The minimum Gasteiger partial charge on any atom is -0.396 e. The van der Waals surface area contributed by atoms with Crippen LogP contribution in [0, 0.1) is 5.41 Å². The third kappa shape index (κ3) is 3.57. The Morgan fingerprint density at radius 2 is 2.38 bits per heavy atom. The average molecular weight is 183 g/mol. The van der Waals surface area contributed by atoms with E-state index in [4.69, 9.17) is 5.11 Å². The molecule has 0 saturated carbocycles. The summed E-state index contributed by atoms with van der Waals surface area (Å²) in [4.78, 5) is 6.92. The highest BCUT2D eigenvalue weighted by Crippen LogP contribution is 2.11. The summed E-state index contributed by atoms with van der Waals surface area (Å²) >= 11 is 0. The van der Waals surface area contributed by atoms with Crippen LogP contribution < -0.4 is 5.32 Å². The summed E-state index contributed by atoms with van der Waals surface area (Å²) in [6.45, 7) is 5.80. The van der Waals surface area contributed by atoms with E-state index < -0.39 is 0 Å². The number of aromatic amines is 1. The summed E-state index contributed by atoms with van der Waals surface area (Å²) in [6, 6.07) is 0. The van der Waals surface area contributed by atoms with Gasteiger partial charge in [0.15, 0.2) is 0 Å². The molecule has 0 aromatic carbocycles. The first-order chi connectivity index (χ1) is 6.14. The number of imidazole rings is 1. The lowest BCUT2D eigenvalue weighted by molar-refractivity contribution is 0.156. The Hall–Kier alpha value is -0.870. The van der Waals surface area contributed by atoms with E-state index in [1.54, 1.807) is 12.5 Å². The number of nitrogens with one attached hydrogen (secondary N) is 2. The summed E-state index contributed by atoms with van der Waals surface area (Å²) < 4.78 is 0. The number of H-pyrrole nitrogens is 1. The smallest absolute Gasteiger partial charge is 0.0922 e. The maximum absolute atomic E-state index is 8.99. The summed E-state index contributed by atoms with van der Waals surface area (Å²) in [7, 11) is 0. The van der Waals surface area contributed by atoms with Crippen LogP contribution >= 0.6 is 0 Å². The van der Waals surface area contributed by atoms with E-state index in [9.17, 15) is 0 Å². The molecule has 0 unspecified atom stereocenters. The van der Waals surface area contributed by atoms with Crippen molar-refractivity contribution in [2.24, 2.45) is 5.41 Å². The van der Waals surface area contributed by atoms with Gasteiger partial charge in [0.05, 0.1) is 6.33 Å². The Bertz CT molecular complexity index is 231. The first kappa shape index (κ1) is 10.2. The second kappa shape index (κ2) is 4.39. The van der Waals surface area contributed by atoms with Crippen LogP contribution in [0.2, 0.25) is 0 Å². The van der Waals surface area contributed by atoms with E-state index in [1.165, 1.54) is 0 Å². The molecule has 4 nitrogen and oxygen atoms in total. The maximum atomic E-state index is 8.99. The Labute approximate surface area is 78.4 Å². The minimum atomic E-state index is -0.0555. The van der Waals surface area contributed by atoms with Crippen molar-refractivity contribution < 1.29 is 5.11 Å². The molecule has 3 N–H and O–H groups in total. The first-order valence-electron chi connectivity index (χ1n) is 4.43. The van der Waals surface area contributed by atoms with Crippen molar-refractivity contribution in [3.8, 4) is 0 Å². The standard InChI is InChI=1S/C9H17N3O/c1-9(2,6-13)5-10-3-8-4-11-7-12-8/h4,7,10,13H,3,5-6H2,1-2H3,(H,11,12). The van der Waals surface area contributed by atoms with Crippen molar-refractivity contribution in [2.45, 2.75) is 20.4 Å². The maximum Gasteiger partial charge on any atom is 0.0922 e. The molecule has 0 amide bonds. The summed E-state index contributed by atoms with van der Waals surface area (Å²) in [5, 5.41) is 12.2. The zero-order valence-corrected chi connectivity index (χ0v) is 8.17. The predicted octanol–water partition coefficient (Wildman–Crippen LogP) is 0.518. The van der Waals surface area contributed by atoms with E-state index in [1.807, 2.05) is 13.8 Å². The van der Waals surface area contributed by atoms with Crippen molar-refractivity contribution >= 4 is 0 Å². The number of aromatic nitrogens is 2. The molecule has 1 heterocycles. The van der Waals surface area contributed by atoms with E-state index in [0.29, 0.717) is 0 Å². The second-order valence-corrected chi connectivity index (χ2v) is 4.00. The highest BCUT2D eigenvalue weighted by molar-refractivity contribution is 4.93. The van der Waals surface area contributed by atoms with Gasteiger partial charge in [0.2, 0.25) is 0 Å². The Balaban J connectivity index is 2.21. The Morgan fingerprint density at radius 3 is 2.92 bits per heavy atom. The quantitative estimate of drug-likeness (QED) is 0.623. The minimum absolute atomic E-state index is 0.0555. The molecular formula is C9H17N3O. The molecule has 0 bridgehead atoms. The van der Waals surface area contributed by atoms with Gasteiger partial charge < -0.3 is 15.4 Å². The van der Waals surface area contributed by atoms with Crippen molar-refractivity contribution in [2.75, 3.05) is 13.2 Å². The van der Waals surface area contributed by atoms with Crippen LogP contribution in [-0.2, 0) is 6.54 Å². The summed E-state index contributed by atoms with van der Waals surface area (Å²) in [5.74, 6) is 0. The number of nitrogens with zero attached hydrogens (tertiary/aromatic N) is 1. The molecule has 0 spiro atoms. The molecule has 13 heavy (non-hydrogen) atoms. The molecule has 0 aliphatic heterocycles. The van der Waals surface area contributed by atoms with Gasteiger partial charge in [0, 0.05) is 37.0 Å². The second-order valence-electron chi connectivity index (χ2n) is 4.00. The topological polar surface area (TPSA) is 60.9 Å². The Morgan fingerprint density at radius 1 is 1.62 bits per heavy atom. The lowest BCUT2D eigenvalue weighted by Crippen LogP contribution is -2.31. The van der Waals surface area contributed by atoms with Gasteiger partial charge in [-0.3, -0.25) is 0 Å². The third-order valence-electron chi connectivity index (χ3n) is 1.90. The molecule has 0 saturated heterocycles. The molecule has 0 radical (unpaired) electrons. The van der Waals surface area contributed by atoms with E-state index >= 15 is 0 Å². The number of rotatable bonds is 5. The third-order valence-corrected chi connectivity index (χ3v) is 1.90. The number of aliphatic hydroxyl groups is 1. The summed E-state index contributed by atoms with van der Waals surface area (Å²) in [6.07, 6.45) is 3.45. The highest BCUT2D eigenvalue weighted by atomic mass is 16.3. The van der Waals surface area contributed by atoms with Crippen LogP contribution in [-0.4, -0.2) is 28.2 Å². The zero-order valence-electron chi connectivity index (χ0n) is 8.17. The lowest BCUT2D eigenvalue weighted by atomic mass is 9.95. The fourth-order valence-electron chi connectivity index (χ4n) is 0.973. The summed E-state index contributed by atoms with van der Waals surface area (Å²) in [5.41, 5.74) is 1.01. The molecule has 4 heteroatoms. The van der Waals surface area contributed by atoms with Crippen molar-refractivity contribution in [3.05, 3.63) is 18.2 Å². The molecule has 0 aliphatic rings. The zero-order chi connectivity index (χ0) is 9.73. The van der Waals surface area contributed by atoms with Gasteiger partial charge in [0.25, 0.3) is 0 Å². The van der Waals surface area contributed by atoms with Crippen LogP contribution in [0.3, 0.4) is 0 Å². The molecule has 0 atom stereocenters. The van der Waals surface area contributed by atoms with Crippen LogP contribution in [0.15, 0.2) is 12.5 Å². The van der Waals surface area contributed by atoms with Crippen LogP contribution in [0.5, 0.6) is 0 Å². The average Bonchev–Trinajstić information content (AvgIpc) is 2.57. The van der Waals surface area contributed by atoms with Gasteiger partial charge in [-0.25, -0.2) is 4.98 Å². The first-order valence-corrected chi connectivity index (χ1v) is 4.43. The molecule has 0 fully saturated rings. The van der Waals surface area contributed by atoms with E-state index in [2.05, 4.69) is 15.3 Å². The number of hydrogen-bond acceptors (Lipinski definition) is 3. The molecule has 74 valence electrons. The lowest BCUT2D eigenvalue weighted by Gasteiger charge is -2.21.